The van der Waals surface area contributed by atoms with E-state index in [-0.39, 0.29) is 22.9 Å². The fourth-order valence-electron chi connectivity index (χ4n) is 4.24. The van der Waals surface area contributed by atoms with Crippen LogP contribution in [0.1, 0.15) is 29.2 Å². The van der Waals surface area contributed by atoms with Crippen LogP contribution in [0.3, 0.4) is 0 Å². The number of likely N-dealkylation sites (tertiary alicyclic amines) is 1. The number of hydrogen-bond acceptors (Lipinski definition) is 6. The van der Waals surface area contributed by atoms with Gasteiger partial charge in [-0.15, -0.1) is 4.28 Å². The zero-order valence-corrected chi connectivity index (χ0v) is 22.6. The number of benzene rings is 3. The lowest BCUT2D eigenvalue weighted by Crippen LogP contribution is -2.43. The largest absolute Gasteiger partial charge is 0.392 e. The maximum atomic E-state index is 13.7. The standard InChI is InChI=1S/C27H28Cl2N2O5S/c1-19-7-10-23(11-8-19)37(34,35)36-31(27(33)16-20-9-12-24(28)25(29)15-20)26(21-5-3-2-4-6-21)18-30-14-13-22(32)17-30/h2-12,15,22,26,32H,13-14,16-18H2,1H3/t22?,26-/m1/s1. The van der Waals surface area contributed by atoms with Gasteiger partial charge in [0.15, 0.2) is 0 Å². The van der Waals surface area contributed by atoms with E-state index in [9.17, 15) is 18.3 Å². The number of halogens is 2. The van der Waals surface area contributed by atoms with E-state index in [0.717, 1.165) is 10.6 Å². The third-order valence-corrected chi connectivity index (χ3v) is 8.16. The first-order valence-electron chi connectivity index (χ1n) is 11.8. The number of aliphatic hydroxyl groups is 1. The number of nitrogens with zero attached hydrogens (tertiary/aromatic N) is 2. The Morgan fingerprint density at radius 1 is 1.08 bits per heavy atom. The highest BCUT2D eigenvalue weighted by Crippen LogP contribution is 2.29. The molecular formula is C27H28Cl2N2O5S. The molecule has 10 heteroatoms. The molecule has 1 N–H and O–H groups in total. The third kappa shape index (κ3) is 7.10. The molecule has 0 saturated carbocycles. The molecule has 1 amide bonds. The Hall–Kier alpha value is -2.46. The molecule has 7 nitrogen and oxygen atoms in total. The summed E-state index contributed by atoms with van der Waals surface area (Å²) in [6.07, 6.45) is -0.0398. The van der Waals surface area contributed by atoms with Gasteiger partial charge in [0.1, 0.15) is 0 Å². The highest BCUT2D eigenvalue weighted by atomic mass is 35.5. The predicted molar refractivity (Wildman–Crippen MR) is 143 cm³/mol. The SMILES string of the molecule is Cc1ccc(S(=O)(=O)ON(C(=O)Cc2ccc(Cl)c(Cl)c2)[C@H](CN2CCC(O)C2)c2ccccc2)cc1. The summed E-state index contributed by atoms with van der Waals surface area (Å²) in [6, 6.07) is 19.4. The summed E-state index contributed by atoms with van der Waals surface area (Å²) in [4.78, 5) is 15.6. The molecule has 0 aliphatic carbocycles. The number of amides is 1. The van der Waals surface area contributed by atoms with E-state index < -0.39 is 28.2 Å². The van der Waals surface area contributed by atoms with Crippen LogP contribution in [0, 0.1) is 6.92 Å². The van der Waals surface area contributed by atoms with E-state index >= 15 is 0 Å². The second-order valence-electron chi connectivity index (χ2n) is 9.12. The fraction of sp³-hybridized carbons (Fsp3) is 0.296. The maximum Gasteiger partial charge on any atom is 0.317 e. The zero-order chi connectivity index (χ0) is 26.6. The van der Waals surface area contributed by atoms with Gasteiger partial charge in [-0.1, -0.05) is 77.3 Å². The Morgan fingerprint density at radius 2 is 1.78 bits per heavy atom. The maximum absolute atomic E-state index is 13.7. The third-order valence-electron chi connectivity index (χ3n) is 6.22. The van der Waals surface area contributed by atoms with Crippen molar-refractivity contribution < 1.29 is 22.6 Å². The molecule has 2 atom stereocenters. The van der Waals surface area contributed by atoms with E-state index in [0.29, 0.717) is 35.7 Å². The number of aliphatic hydroxyl groups excluding tert-OH is 1. The van der Waals surface area contributed by atoms with Gasteiger partial charge in [-0.05, 0) is 48.7 Å². The van der Waals surface area contributed by atoms with Crippen LogP contribution in [0.15, 0.2) is 77.7 Å². The first-order chi connectivity index (χ1) is 17.6. The highest BCUT2D eigenvalue weighted by molar-refractivity contribution is 7.86. The summed E-state index contributed by atoms with van der Waals surface area (Å²) in [5.74, 6) is -0.567. The van der Waals surface area contributed by atoms with E-state index in [1.54, 1.807) is 30.3 Å². The molecule has 0 bridgehead atoms. The van der Waals surface area contributed by atoms with Gasteiger partial charge < -0.3 is 5.11 Å². The van der Waals surface area contributed by atoms with E-state index in [4.69, 9.17) is 27.5 Å². The molecule has 1 saturated heterocycles. The quantitative estimate of drug-likeness (QED) is 0.377. The molecule has 1 aliphatic heterocycles. The van der Waals surface area contributed by atoms with E-state index in [2.05, 4.69) is 0 Å². The number of aryl methyl sites for hydroxylation is 1. The fourth-order valence-corrected chi connectivity index (χ4v) is 5.51. The lowest BCUT2D eigenvalue weighted by molar-refractivity contribution is -0.166. The van der Waals surface area contributed by atoms with Gasteiger partial charge in [0.05, 0.1) is 33.5 Å². The Labute approximate surface area is 227 Å². The van der Waals surface area contributed by atoms with Gasteiger partial charge in [-0.3, -0.25) is 9.69 Å². The lowest BCUT2D eigenvalue weighted by Gasteiger charge is -2.33. The Morgan fingerprint density at radius 3 is 2.41 bits per heavy atom. The van der Waals surface area contributed by atoms with Gasteiger partial charge in [0.2, 0.25) is 0 Å². The van der Waals surface area contributed by atoms with Crippen LogP contribution in [-0.4, -0.2) is 55.1 Å². The molecule has 1 heterocycles. The highest BCUT2D eigenvalue weighted by Gasteiger charge is 2.35. The number of carbonyl (C=O) groups is 1. The smallest absolute Gasteiger partial charge is 0.317 e. The van der Waals surface area contributed by atoms with Crippen LogP contribution in [0.5, 0.6) is 0 Å². The molecule has 196 valence electrons. The number of β-amino-alcohol motifs (C(OH)–C–C–N with tert-alkyl or cyclic N) is 1. The molecule has 4 rings (SSSR count). The summed E-state index contributed by atoms with van der Waals surface area (Å²) in [5, 5.41) is 11.6. The van der Waals surface area contributed by atoms with Crippen molar-refractivity contribution in [1.82, 2.24) is 9.96 Å². The summed E-state index contributed by atoms with van der Waals surface area (Å²) in [5.41, 5.74) is 2.15. The molecule has 3 aromatic carbocycles. The van der Waals surface area contributed by atoms with Gasteiger partial charge in [0.25, 0.3) is 5.91 Å². The number of hydrogen-bond donors (Lipinski definition) is 1. The van der Waals surface area contributed by atoms with Crippen LogP contribution in [0.25, 0.3) is 0 Å². The molecule has 37 heavy (non-hydrogen) atoms. The molecule has 0 aromatic heterocycles. The summed E-state index contributed by atoms with van der Waals surface area (Å²) in [6.45, 7) is 3.16. The Kier molecular flexibility index (Phi) is 8.90. The summed E-state index contributed by atoms with van der Waals surface area (Å²) < 4.78 is 32.3. The number of hydroxylamine groups is 2. The van der Waals surface area contributed by atoms with Crippen LogP contribution in [0.4, 0.5) is 0 Å². The molecule has 1 aliphatic rings. The number of carbonyl (C=O) groups excluding carboxylic acids is 1. The van der Waals surface area contributed by atoms with Crippen molar-refractivity contribution >= 4 is 39.2 Å². The van der Waals surface area contributed by atoms with Gasteiger partial charge in [0, 0.05) is 19.6 Å². The number of rotatable bonds is 9. The molecule has 0 spiro atoms. The Balaban J connectivity index is 1.72. The average molecular weight is 564 g/mol. The minimum Gasteiger partial charge on any atom is -0.392 e. The van der Waals surface area contributed by atoms with Crippen LogP contribution in [0.2, 0.25) is 10.0 Å². The topological polar surface area (TPSA) is 87.2 Å². The second-order valence-corrected chi connectivity index (χ2v) is 11.5. The first kappa shape index (κ1) is 27.6. The van der Waals surface area contributed by atoms with Crippen molar-refractivity contribution in [3.05, 3.63) is 99.5 Å². The van der Waals surface area contributed by atoms with Crippen molar-refractivity contribution in [2.75, 3.05) is 19.6 Å². The lowest BCUT2D eigenvalue weighted by atomic mass is 10.0. The van der Waals surface area contributed by atoms with Gasteiger partial charge in [-0.25, -0.2) is 0 Å². The van der Waals surface area contributed by atoms with Crippen LogP contribution in [-0.2, 0) is 25.6 Å². The molecule has 3 aromatic rings. The normalized spacial score (nSPS) is 17.0. The van der Waals surface area contributed by atoms with Crippen molar-refractivity contribution in [1.29, 1.82) is 0 Å². The van der Waals surface area contributed by atoms with Crippen LogP contribution < -0.4 is 0 Å². The van der Waals surface area contributed by atoms with E-state index in [1.165, 1.54) is 12.1 Å². The average Bonchev–Trinajstić information content (AvgIpc) is 3.29. The molecule has 1 fully saturated rings. The van der Waals surface area contributed by atoms with Crippen molar-refractivity contribution in [3.8, 4) is 0 Å². The minimum absolute atomic E-state index is 0.0613. The van der Waals surface area contributed by atoms with Gasteiger partial charge >= 0.3 is 10.1 Å². The molecule has 1 unspecified atom stereocenters. The Bertz CT molecular complexity index is 1340. The van der Waals surface area contributed by atoms with Crippen LogP contribution >= 0.6 is 23.2 Å². The monoisotopic (exact) mass is 562 g/mol. The second kappa shape index (κ2) is 11.9. The minimum atomic E-state index is -4.34. The summed E-state index contributed by atoms with van der Waals surface area (Å²) in [7, 11) is -4.34. The van der Waals surface area contributed by atoms with Crippen molar-refractivity contribution in [2.24, 2.45) is 0 Å². The molecule has 0 radical (unpaired) electrons. The van der Waals surface area contributed by atoms with E-state index in [1.807, 2.05) is 42.2 Å². The zero-order valence-electron chi connectivity index (χ0n) is 20.3. The first-order valence-corrected chi connectivity index (χ1v) is 14.0. The molecular weight excluding hydrogens is 535 g/mol. The predicted octanol–water partition coefficient (Wildman–Crippen LogP) is 4.80. The van der Waals surface area contributed by atoms with Crippen molar-refractivity contribution in [3.63, 3.8) is 0 Å². The van der Waals surface area contributed by atoms with Crippen molar-refractivity contribution in [2.45, 2.75) is 36.8 Å². The van der Waals surface area contributed by atoms with Gasteiger partial charge in [-0.2, -0.15) is 13.5 Å². The summed E-state index contributed by atoms with van der Waals surface area (Å²) >= 11 is 12.2.